The van der Waals surface area contributed by atoms with Crippen molar-refractivity contribution in [1.29, 1.82) is 0 Å². The Morgan fingerprint density at radius 2 is 1.89 bits per heavy atom. The minimum absolute atomic E-state index is 0.452. The molecule has 4 heterocycles. The first-order valence-corrected chi connectivity index (χ1v) is 9.25. The largest absolute Gasteiger partial charge is 0.339 e. The SMILES string of the molecule is Clc1cnc2nc1Nc1ccc(-c3cn[nH]c3)c(c1)CCc1cncc(c1)N2. The average molecular weight is 390 g/mol. The Morgan fingerprint density at radius 1 is 0.929 bits per heavy atom. The van der Waals surface area contributed by atoms with Crippen LogP contribution in [0.5, 0.6) is 0 Å². The van der Waals surface area contributed by atoms with Crippen LogP contribution in [0.25, 0.3) is 11.1 Å². The number of hydrogen-bond donors (Lipinski definition) is 3. The van der Waals surface area contributed by atoms with Gasteiger partial charge in [-0.1, -0.05) is 17.7 Å². The molecule has 3 N–H and O–H groups in total. The monoisotopic (exact) mass is 389 g/mol. The first-order chi connectivity index (χ1) is 13.7. The molecule has 1 aliphatic heterocycles. The third kappa shape index (κ3) is 3.27. The molecular weight excluding hydrogens is 374 g/mol. The van der Waals surface area contributed by atoms with Crippen LogP contribution in [-0.4, -0.2) is 25.1 Å². The lowest BCUT2D eigenvalue weighted by Gasteiger charge is -2.13. The number of aromatic amines is 1. The fourth-order valence-corrected chi connectivity index (χ4v) is 3.45. The fourth-order valence-electron chi connectivity index (χ4n) is 3.31. The van der Waals surface area contributed by atoms with E-state index in [-0.39, 0.29) is 0 Å². The molecule has 1 aromatic carbocycles. The van der Waals surface area contributed by atoms with Gasteiger partial charge in [-0.2, -0.15) is 10.1 Å². The van der Waals surface area contributed by atoms with Gasteiger partial charge in [-0.3, -0.25) is 10.1 Å². The van der Waals surface area contributed by atoms with Gasteiger partial charge in [0.2, 0.25) is 5.95 Å². The number of hydrogen-bond acceptors (Lipinski definition) is 6. The van der Waals surface area contributed by atoms with Crippen LogP contribution in [0.1, 0.15) is 11.1 Å². The highest BCUT2D eigenvalue weighted by Crippen LogP contribution is 2.31. The summed E-state index contributed by atoms with van der Waals surface area (Å²) in [4.78, 5) is 13.1. The van der Waals surface area contributed by atoms with Crippen LogP contribution in [0, 0.1) is 0 Å². The van der Waals surface area contributed by atoms with E-state index in [0.717, 1.165) is 40.9 Å². The number of aryl methyl sites for hydroxylation is 2. The van der Waals surface area contributed by atoms with E-state index in [4.69, 9.17) is 11.6 Å². The van der Waals surface area contributed by atoms with Crippen LogP contribution >= 0.6 is 11.6 Å². The van der Waals surface area contributed by atoms with E-state index < -0.39 is 0 Å². The number of H-pyrrole nitrogens is 1. The molecule has 6 bridgehead atoms. The molecule has 0 fully saturated rings. The molecule has 0 spiro atoms. The first-order valence-electron chi connectivity index (χ1n) is 8.87. The Kier molecular flexibility index (Phi) is 4.14. The van der Waals surface area contributed by atoms with Gasteiger partial charge in [0.05, 0.1) is 24.3 Å². The van der Waals surface area contributed by atoms with E-state index in [2.05, 4.69) is 54.0 Å². The zero-order valence-electron chi connectivity index (χ0n) is 14.8. The number of aromatic nitrogens is 5. The van der Waals surface area contributed by atoms with Crippen molar-refractivity contribution in [3.05, 3.63) is 71.4 Å². The molecule has 8 heteroatoms. The molecule has 0 saturated heterocycles. The standard InChI is InChI=1S/C20H16ClN7/c21-18-11-23-20-27-16-5-12(7-22-10-16)1-2-13-6-15(26-19(18)28-20)3-4-17(13)14-8-24-25-9-14/h3-11H,1-2H2,(H,24,25)(H2,23,26,27,28). The van der Waals surface area contributed by atoms with Crippen molar-refractivity contribution in [1.82, 2.24) is 25.1 Å². The second-order valence-corrected chi connectivity index (χ2v) is 6.99. The fraction of sp³-hybridized carbons (Fsp3) is 0.100. The number of nitrogens with one attached hydrogen (secondary N) is 3. The molecule has 28 heavy (non-hydrogen) atoms. The summed E-state index contributed by atoms with van der Waals surface area (Å²) in [7, 11) is 0. The van der Waals surface area contributed by atoms with E-state index >= 15 is 0 Å². The molecule has 0 aliphatic carbocycles. The van der Waals surface area contributed by atoms with Crippen LogP contribution in [-0.2, 0) is 12.8 Å². The maximum atomic E-state index is 6.31. The van der Waals surface area contributed by atoms with Crippen molar-refractivity contribution >= 4 is 34.7 Å². The molecule has 1 aliphatic rings. The zero-order chi connectivity index (χ0) is 18.9. The van der Waals surface area contributed by atoms with Gasteiger partial charge in [-0.25, -0.2) is 4.98 Å². The molecular formula is C20H16ClN7. The molecule has 7 nitrogen and oxygen atoms in total. The summed E-state index contributed by atoms with van der Waals surface area (Å²) in [5.74, 6) is 1.00. The Morgan fingerprint density at radius 3 is 2.79 bits per heavy atom. The Hall–Kier alpha value is -3.45. The molecule has 0 radical (unpaired) electrons. The minimum Gasteiger partial charge on any atom is -0.339 e. The van der Waals surface area contributed by atoms with Gasteiger partial charge in [0.1, 0.15) is 5.02 Å². The number of benzene rings is 1. The topological polar surface area (TPSA) is 91.4 Å². The highest BCUT2D eigenvalue weighted by atomic mass is 35.5. The van der Waals surface area contributed by atoms with Crippen molar-refractivity contribution in [2.75, 3.05) is 10.6 Å². The lowest BCUT2D eigenvalue weighted by Crippen LogP contribution is -2.02. The summed E-state index contributed by atoms with van der Waals surface area (Å²) < 4.78 is 0. The highest BCUT2D eigenvalue weighted by molar-refractivity contribution is 6.32. The maximum Gasteiger partial charge on any atom is 0.229 e. The Bertz CT molecular complexity index is 1140. The van der Waals surface area contributed by atoms with E-state index in [1.165, 1.54) is 5.56 Å². The maximum absolute atomic E-state index is 6.31. The molecule has 0 saturated carbocycles. The number of halogens is 1. The first kappa shape index (κ1) is 16.7. The van der Waals surface area contributed by atoms with Crippen molar-refractivity contribution in [2.45, 2.75) is 12.8 Å². The van der Waals surface area contributed by atoms with E-state index in [9.17, 15) is 0 Å². The van der Waals surface area contributed by atoms with Crippen LogP contribution in [0.3, 0.4) is 0 Å². The van der Waals surface area contributed by atoms with Crippen molar-refractivity contribution in [3.63, 3.8) is 0 Å². The molecule has 0 amide bonds. The number of anilines is 4. The van der Waals surface area contributed by atoms with Crippen molar-refractivity contribution < 1.29 is 0 Å². The summed E-state index contributed by atoms with van der Waals surface area (Å²) in [6.07, 6.45) is 10.7. The second-order valence-electron chi connectivity index (χ2n) is 6.58. The van der Waals surface area contributed by atoms with Gasteiger partial charge < -0.3 is 10.6 Å². The van der Waals surface area contributed by atoms with Gasteiger partial charge >= 0.3 is 0 Å². The van der Waals surface area contributed by atoms with Crippen molar-refractivity contribution in [3.8, 4) is 11.1 Å². The van der Waals surface area contributed by atoms with Gasteiger partial charge in [0.15, 0.2) is 5.82 Å². The predicted molar refractivity (Wildman–Crippen MR) is 109 cm³/mol. The lowest BCUT2D eigenvalue weighted by atomic mass is 9.96. The van der Waals surface area contributed by atoms with Crippen LogP contribution in [0.2, 0.25) is 5.02 Å². The second kappa shape index (κ2) is 6.94. The van der Waals surface area contributed by atoms with Crippen LogP contribution in [0.15, 0.2) is 55.2 Å². The summed E-state index contributed by atoms with van der Waals surface area (Å²) in [5, 5.41) is 13.9. The summed E-state index contributed by atoms with van der Waals surface area (Å²) in [6, 6.07) is 8.30. The molecule has 5 rings (SSSR count). The van der Waals surface area contributed by atoms with Crippen LogP contribution < -0.4 is 10.6 Å². The number of pyridine rings is 1. The van der Waals surface area contributed by atoms with E-state index in [0.29, 0.717) is 16.8 Å². The van der Waals surface area contributed by atoms with Crippen molar-refractivity contribution in [2.24, 2.45) is 0 Å². The van der Waals surface area contributed by atoms with E-state index in [1.807, 2.05) is 24.7 Å². The minimum atomic E-state index is 0.452. The van der Waals surface area contributed by atoms with Gasteiger partial charge in [0.25, 0.3) is 0 Å². The molecule has 138 valence electrons. The lowest BCUT2D eigenvalue weighted by molar-refractivity contribution is 0.952. The normalized spacial score (nSPS) is 12.8. The third-order valence-corrected chi connectivity index (χ3v) is 4.93. The third-order valence-electron chi connectivity index (χ3n) is 4.66. The molecule has 3 aromatic heterocycles. The molecule has 0 atom stereocenters. The smallest absolute Gasteiger partial charge is 0.229 e. The zero-order valence-corrected chi connectivity index (χ0v) is 15.5. The number of rotatable bonds is 1. The van der Waals surface area contributed by atoms with Gasteiger partial charge in [-0.15, -0.1) is 0 Å². The predicted octanol–water partition coefficient (Wildman–Crippen LogP) is 4.50. The molecule has 4 aromatic rings. The Balaban J connectivity index is 1.64. The summed E-state index contributed by atoms with van der Waals surface area (Å²) in [6.45, 7) is 0. The summed E-state index contributed by atoms with van der Waals surface area (Å²) >= 11 is 6.31. The van der Waals surface area contributed by atoms with Gasteiger partial charge in [0, 0.05) is 23.6 Å². The quantitative estimate of drug-likeness (QED) is 0.444. The average Bonchev–Trinajstić information content (AvgIpc) is 3.23. The Labute approximate surface area is 166 Å². The van der Waals surface area contributed by atoms with Crippen LogP contribution in [0.4, 0.5) is 23.1 Å². The van der Waals surface area contributed by atoms with E-state index in [1.54, 1.807) is 12.4 Å². The summed E-state index contributed by atoms with van der Waals surface area (Å²) in [5.41, 5.74) is 6.29. The number of nitrogens with zero attached hydrogens (tertiary/aromatic N) is 4. The molecule has 0 unspecified atom stereocenters. The van der Waals surface area contributed by atoms with Gasteiger partial charge in [-0.05, 0) is 47.7 Å². The highest BCUT2D eigenvalue weighted by Gasteiger charge is 2.12. The number of fused-ring (bicyclic) bond motifs is 6.